The Kier molecular flexibility index (Phi) is 3.52. The van der Waals surface area contributed by atoms with E-state index in [0.29, 0.717) is 13.1 Å². The summed E-state index contributed by atoms with van der Waals surface area (Å²) in [6.45, 7) is 6.07. The van der Waals surface area contributed by atoms with E-state index in [1.54, 1.807) is 0 Å². The highest BCUT2D eigenvalue weighted by molar-refractivity contribution is 5.81. The maximum atomic E-state index is 12.2. The molecule has 1 aromatic rings. The van der Waals surface area contributed by atoms with Crippen molar-refractivity contribution in [2.75, 3.05) is 19.7 Å². The lowest BCUT2D eigenvalue weighted by molar-refractivity contribution is -0.131. The summed E-state index contributed by atoms with van der Waals surface area (Å²) < 4.78 is 5.84. The SMILES string of the molecule is Cc1cccc(C2NCC(=O)N2CC2(C)CCCO2)c1. The first-order valence-corrected chi connectivity index (χ1v) is 7.31. The van der Waals surface area contributed by atoms with Crippen molar-refractivity contribution in [1.29, 1.82) is 0 Å². The van der Waals surface area contributed by atoms with Gasteiger partial charge in [-0.15, -0.1) is 0 Å². The normalized spacial score (nSPS) is 30.2. The summed E-state index contributed by atoms with van der Waals surface area (Å²) in [5, 5.41) is 3.31. The van der Waals surface area contributed by atoms with Gasteiger partial charge < -0.3 is 9.64 Å². The predicted octanol–water partition coefficient (Wildman–Crippen LogP) is 1.99. The van der Waals surface area contributed by atoms with Crippen LogP contribution in [0.2, 0.25) is 0 Å². The molecule has 2 aliphatic rings. The Bertz CT molecular complexity index is 509. The van der Waals surface area contributed by atoms with Crippen molar-refractivity contribution in [2.24, 2.45) is 0 Å². The molecule has 1 amide bonds. The van der Waals surface area contributed by atoms with E-state index in [4.69, 9.17) is 4.74 Å². The van der Waals surface area contributed by atoms with Gasteiger partial charge in [0.25, 0.3) is 0 Å². The van der Waals surface area contributed by atoms with Crippen LogP contribution < -0.4 is 5.32 Å². The summed E-state index contributed by atoms with van der Waals surface area (Å²) in [6.07, 6.45) is 2.08. The number of ether oxygens (including phenoxy) is 1. The first-order chi connectivity index (χ1) is 9.57. The molecule has 1 aromatic carbocycles. The van der Waals surface area contributed by atoms with Gasteiger partial charge >= 0.3 is 0 Å². The zero-order valence-electron chi connectivity index (χ0n) is 12.2. The van der Waals surface area contributed by atoms with Crippen molar-refractivity contribution in [2.45, 2.75) is 38.5 Å². The second-order valence-corrected chi connectivity index (χ2v) is 6.12. The average molecular weight is 274 g/mol. The molecule has 0 spiro atoms. The molecule has 4 heteroatoms. The number of carbonyl (C=O) groups is 1. The zero-order chi connectivity index (χ0) is 14.2. The van der Waals surface area contributed by atoms with Gasteiger partial charge in [-0.25, -0.2) is 0 Å². The number of hydrogen-bond donors (Lipinski definition) is 1. The fourth-order valence-corrected chi connectivity index (χ4v) is 3.18. The smallest absolute Gasteiger partial charge is 0.238 e. The van der Waals surface area contributed by atoms with Gasteiger partial charge in [-0.05, 0) is 32.3 Å². The van der Waals surface area contributed by atoms with E-state index in [2.05, 4.69) is 37.4 Å². The first-order valence-electron chi connectivity index (χ1n) is 7.31. The average Bonchev–Trinajstić information content (AvgIpc) is 2.98. The van der Waals surface area contributed by atoms with Crippen molar-refractivity contribution < 1.29 is 9.53 Å². The molecule has 108 valence electrons. The Morgan fingerprint density at radius 1 is 1.50 bits per heavy atom. The third-order valence-corrected chi connectivity index (χ3v) is 4.24. The molecule has 2 atom stereocenters. The Balaban J connectivity index is 1.81. The lowest BCUT2D eigenvalue weighted by Crippen LogP contribution is -2.43. The van der Waals surface area contributed by atoms with E-state index in [9.17, 15) is 4.79 Å². The third-order valence-electron chi connectivity index (χ3n) is 4.24. The Hall–Kier alpha value is -1.39. The standard InChI is InChI=1S/C16H22N2O2/c1-12-5-3-6-13(9-12)15-17-10-14(19)18(15)11-16(2)7-4-8-20-16/h3,5-6,9,15,17H,4,7-8,10-11H2,1-2H3. The van der Waals surface area contributed by atoms with Gasteiger partial charge in [-0.2, -0.15) is 0 Å². The van der Waals surface area contributed by atoms with Crippen LogP contribution in [-0.2, 0) is 9.53 Å². The number of amides is 1. The highest BCUT2D eigenvalue weighted by Gasteiger charge is 2.39. The third kappa shape index (κ3) is 2.58. The number of aryl methyl sites for hydroxylation is 1. The van der Waals surface area contributed by atoms with Crippen LogP contribution in [0.4, 0.5) is 0 Å². The van der Waals surface area contributed by atoms with E-state index in [1.165, 1.54) is 5.56 Å². The van der Waals surface area contributed by atoms with E-state index in [-0.39, 0.29) is 17.7 Å². The molecule has 0 aromatic heterocycles. The molecule has 2 heterocycles. The lowest BCUT2D eigenvalue weighted by Gasteiger charge is -2.33. The summed E-state index contributed by atoms with van der Waals surface area (Å²) in [7, 11) is 0. The quantitative estimate of drug-likeness (QED) is 0.916. The first kappa shape index (κ1) is 13.6. The van der Waals surface area contributed by atoms with Gasteiger partial charge in [-0.1, -0.05) is 29.8 Å². The largest absolute Gasteiger partial charge is 0.373 e. The molecule has 4 nitrogen and oxygen atoms in total. The molecule has 0 bridgehead atoms. The minimum atomic E-state index is -0.191. The van der Waals surface area contributed by atoms with Crippen LogP contribution >= 0.6 is 0 Å². The molecule has 2 aliphatic heterocycles. The van der Waals surface area contributed by atoms with Gasteiger partial charge in [0, 0.05) is 6.61 Å². The fourth-order valence-electron chi connectivity index (χ4n) is 3.18. The minimum Gasteiger partial charge on any atom is -0.373 e. The Morgan fingerprint density at radius 3 is 3.05 bits per heavy atom. The maximum absolute atomic E-state index is 12.2. The summed E-state index contributed by atoms with van der Waals surface area (Å²) in [6, 6.07) is 8.34. The molecular weight excluding hydrogens is 252 g/mol. The molecule has 2 fully saturated rings. The van der Waals surface area contributed by atoms with Gasteiger partial charge in [0.2, 0.25) is 5.91 Å². The molecular formula is C16H22N2O2. The van der Waals surface area contributed by atoms with Crippen molar-refractivity contribution in [3.8, 4) is 0 Å². The highest BCUT2D eigenvalue weighted by atomic mass is 16.5. The number of benzene rings is 1. The topological polar surface area (TPSA) is 41.6 Å². The van der Waals surface area contributed by atoms with Crippen LogP contribution in [0.15, 0.2) is 24.3 Å². The Labute approximate surface area is 120 Å². The van der Waals surface area contributed by atoms with E-state index in [0.717, 1.165) is 25.0 Å². The minimum absolute atomic E-state index is 0.0246. The van der Waals surface area contributed by atoms with Crippen LogP contribution in [0.5, 0.6) is 0 Å². The van der Waals surface area contributed by atoms with Crippen LogP contribution in [0.1, 0.15) is 37.1 Å². The molecule has 3 rings (SSSR count). The monoisotopic (exact) mass is 274 g/mol. The van der Waals surface area contributed by atoms with Crippen LogP contribution in [0, 0.1) is 6.92 Å². The van der Waals surface area contributed by atoms with Crippen LogP contribution in [0.25, 0.3) is 0 Å². The number of nitrogens with one attached hydrogen (secondary N) is 1. The van der Waals surface area contributed by atoms with Gasteiger partial charge in [0.05, 0.1) is 18.7 Å². The van der Waals surface area contributed by atoms with Crippen LogP contribution in [-0.4, -0.2) is 36.1 Å². The second kappa shape index (κ2) is 5.19. The van der Waals surface area contributed by atoms with Crippen molar-refractivity contribution in [3.63, 3.8) is 0 Å². The van der Waals surface area contributed by atoms with E-state index in [1.807, 2.05) is 11.0 Å². The molecule has 0 radical (unpaired) electrons. The summed E-state index contributed by atoms with van der Waals surface area (Å²) >= 11 is 0. The molecule has 0 saturated carbocycles. The van der Waals surface area contributed by atoms with Gasteiger partial charge in [0.15, 0.2) is 0 Å². The summed E-state index contributed by atoms with van der Waals surface area (Å²) in [5.41, 5.74) is 2.17. The zero-order valence-corrected chi connectivity index (χ0v) is 12.2. The van der Waals surface area contributed by atoms with E-state index < -0.39 is 0 Å². The van der Waals surface area contributed by atoms with Crippen molar-refractivity contribution >= 4 is 5.91 Å². The van der Waals surface area contributed by atoms with Crippen molar-refractivity contribution in [3.05, 3.63) is 35.4 Å². The highest BCUT2D eigenvalue weighted by Crippen LogP contribution is 2.31. The second-order valence-electron chi connectivity index (χ2n) is 6.12. The predicted molar refractivity (Wildman–Crippen MR) is 77.2 cm³/mol. The molecule has 1 N–H and O–H groups in total. The maximum Gasteiger partial charge on any atom is 0.238 e. The molecule has 2 saturated heterocycles. The Morgan fingerprint density at radius 2 is 2.35 bits per heavy atom. The lowest BCUT2D eigenvalue weighted by atomic mass is 10.0. The molecule has 20 heavy (non-hydrogen) atoms. The number of nitrogens with zero attached hydrogens (tertiary/aromatic N) is 1. The number of rotatable bonds is 3. The van der Waals surface area contributed by atoms with Crippen molar-refractivity contribution in [1.82, 2.24) is 10.2 Å². The number of hydrogen-bond acceptors (Lipinski definition) is 3. The molecule has 0 aliphatic carbocycles. The molecule has 2 unspecified atom stereocenters. The summed E-state index contributed by atoms with van der Waals surface area (Å²) in [5.74, 6) is 0.160. The van der Waals surface area contributed by atoms with Crippen LogP contribution in [0.3, 0.4) is 0 Å². The van der Waals surface area contributed by atoms with E-state index >= 15 is 0 Å². The number of carbonyl (C=O) groups excluding carboxylic acids is 1. The van der Waals surface area contributed by atoms with Gasteiger partial charge in [-0.3, -0.25) is 10.1 Å². The van der Waals surface area contributed by atoms with Gasteiger partial charge in [0.1, 0.15) is 6.17 Å². The summed E-state index contributed by atoms with van der Waals surface area (Å²) in [4.78, 5) is 14.1. The fraction of sp³-hybridized carbons (Fsp3) is 0.562.